The topological polar surface area (TPSA) is 60.9 Å². The Hall–Kier alpha value is -2.04. The largest absolute Gasteiger partial charge is 0.480 e. The van der Waals surface area contributed by atoms with Gasteiger partial charge in [-0.15, -0.1) is 0 Å². The third-order valence-electron chi connectivity index (χ3n) is 3.65. The molecule has 114 valence electrons. The number of anilines is 1. The molecule has 0 aromatic heterocycles. The van der Waals surface area contributed by atoms with Crippen molar-refractivity contribution in [3.8, 4) is 0 Å². The van der Waals surface area contributed by atoms with Gasteiger partial charge in [0.1, 0.15) is 6.54 Å². The van der Waals surface area contributed by atoms with E-state index in [0.717, 1.165) is 29.7 Å². The zero-order chi connectivity index (χ0) is 15.6. The number of hydrogen-bond donors (Lipinski definition) is 1. The van der Waals surface area contributed by atoms with E-state index in [1.54, 1.807) is 7.05 Å². The molecule has 0 bridgehead atoms. The predicted molar refractivity (Wildman–Crippen MR) is 81.6 cm³/mol. The molecule has 1 fully saturated rings. The number of rotatable bonds is 5. The Morgan fingerprint density at radius 2 is 1.76 bits per heavy atom. The molecule has 2 amide bonds. The van der Waals surface area contributed by atoms with Crippen molar-refractivity contribution in [3.63, 3.8) is 0 Å². The highest BCUT2D eigenvalue weighted by atomic mass is 16.4. The molecule has 0 saturated heterocycles. The van der Waals surface area contributed by atoms with Crippen LogP contribution in [0.4, 0.5) is 10.5 Å². The Kier molecular flexibility index (Phi) is 4.50. The number of carboxylic acid groups (broad SMARTS) is 1. The SMILES string of the molecule is Cc1cc(C)cc(N(C)C(=O)N(CC(=O)O)CC2CC2)c1. The van der Waals surface area contributed by atoms with Crippen molar-refractivity contribution >= 4 is 17.7 Å². The van der Waals surface area contributed by atoms with Gasteiger partial charge in [-0.05, 0) is 55.9 Å². The van der Waals surface area contributed by atoms with Crippen molar-refractivity contribution in [1.29, 1.82) is 0 Å². The van der Waals surface area contributed by atoms with E-state index in [9.17, 15) is 9.59 Å². The Morgan fingerprint density at radius 1 is 1.19 bits per heavy atom. The van der Waals surface area contributed by atoms with Crippen LogP contribution < -0.4 is 4.90 Å². The smallest absolute Gasteiger partial charge is 0.324 e. The Morgan fingerprint density at radius 3 is 2.24 bits per heavy atom. The van der Waals surface area contributed by atoms with E-state index >= 15 is 0 Å². The fourth-order valence-electron chi connectivity index (χ4n) is 2.45. The van der Waals surface area contributed by atoms with Gasteiger partial charge in [0.25, 0.3) is 0 Å². The molecule has 1 aromatic carbocycles. The summed E-state index contributed by atoms with van der Waals surface area (Å²) in [6, 6.07) is 5.65. The van der Waals surface area contributed by atoms with Gasteiger partial charge in [-0.1, -0.05) is 6.07 Å². The predicted octanol–water partition coefficient (Wildman–Crippen LogP) is 2.66. The molecule has 0 heterocycles. The van der Waals surface area contributed by atoms with Gasteiger partial charge in [0, 0.05) is 19.3 Å². The van der Waals surface area contributed by atoms with Crippen LogP contribution in [0.1, 0.15) is 24.0 Å². The van der Waals surface area contributed by atoms with Crippen LogP contribution in [-0.4, -0.2) is 42.1 Å². The third-order valence-corrected chi connectivity index (χ3v) is 3.65. The summed E-state index contributed by atoms with van der Waals surface area (Å²) in [6.07, 6.45) is 2.16. The minimum absolute atomic E-state index is 0.246. The highest BCUT2D eigenvalue weighted by molar-refractivity contribution is 5.93. The first-order valence-corrected chi connectivity index (χ1v) is 7.19. The van der Waals surface area contributed by atoms with Gasteiger partial charge >= 0.3 is 12.0 Å². The molecule has 2 rings (SSSR count). The van der Waals surface area contributed by atoms with E-state index in [4.69, 9.17) is 5.11 Å². The van der Waals surface area contributed by atoms with Crippen molar-refractivity contribution in [2.24, 2.45) is 5.92 Å². The van der Waals surface area contributed by atoms with Crippen LogP contribution in [0.2, 0.25) is 0 Å². The fourth-order valence-corrected chi connectivity index (χ4v) is 2.45. The maximum absolute atomic E-state index is 12.6. The van der Waals surface area contributed by atoms with Gasteiger partial charge < -0.3 is 10.0 Å². The van der Waals surface area contributed by atoms with Crippen LogP contribution in [0.15, 0.2) is 18.2 Å². The molecule has 5 nitrogen and oxygen atoms in total. The van der Waals surface area contributed by atoms with E-state index in [1.807, 2.05) is 32.0 Å². The maximum Gasteiger partial charge on any atom is 0.324 e. The summed E-state index contributed by atoms with van der Waals surface area (Å²) in [5.41, 5.74) is 2.96. The molecule has 1 aliphatic rings. The second-order valence-electron chi connectivity index (χ2n) is 5.91. The third kappa shape index (κ3) is 4.21. The number of benzene rings is 1. The monoisotopic (exact) mass is 290 g/mol. The number of carbonyl (C=O) groups excluding carboxylic acids is 1. The highest BCUT2D eigenvalue weighted by Crippen LogP contribution is 2.30. The summed E-state index contributed by atoms with van der Waals surface area (Å²) >= 11 is 0. The number of carboxylic acids is 1. The normalized spacial score (nSPS) is 13.9. The van der Waals surface area contributed by atoms with Crippen LogP contribution in [0, 0.1) is 19.8 Å². The number of urea groups is 1. The summed E-state index contributed by atoms with van der Waals surface area (Å²) in [5, 5.41) is 8.99. The second-order valence-corrected chi connectivity index (χ2v) is 5.91. The zero-order valence-electron chi connectivity index (χ0n) is 12.8. The van der Waals surface area contributed by atoms with Crippen LogP contribution in [0.5, 0.6) is 0 Å². The number of nitrogens with zero attached hydrogens (tertiary/aromatic N) is 2. The fraction of sp³-hybridized carbons (Fsp3) is 0.500. The number of hydrogen-bond acceptors (Lipinski definition) is 2. The molecule has 5 heteroatoms. The zero-order valence-corrected chi connectivity index (χ0v) is 12.8. The van der Waals surface area contributed by atoms with Crippen LogP contribution in [0.3, 0.4) is 0 Å². The minimum atomic E-state index is -0.974. The molecule has 21 heavy (non-hydrogen) atoms. The molecule has 0 unspecified atom stereocenters. The standard InChI is InChI=1S/C16H22N2O3/c1-11-6-12(2)8-14(7-11)17(3)16(21)18(10-15(19)20)9-13-4-5-13/h6-8,13H,4-5,9-10H2,1-3H3,(H,19,20). The molecule has 0 spiro atoms. The van der Waals surface area contributed by atoms with E-state index in [2.05, 4.69) is 0 Å². The lowest BCUT2D eigenvalue weighted by atomic mass is 10.1. The molecule has 0 radical (unpaired) electrons. The maximum atomic E-state index is 12.6. The van der Waals surface area contributed by atoms with Crippen molar-refractivity contribution in [2.75, 3.05) is 25.0 Å². The van der Waals surface area contributed by atoms with Gasteiger partial charge in [-0.25, -0.2) is 4.79 Å². The Labute approximate surface area is 125 Å². The lowest BCUT2D eigenvalue weighted by Gasteiger charge is -2.27. The molecule has 1 saturated carbocycles. The average Bonchev–Trinajstić information content (AvgIpc) is 3.18. The molecule has 0 aliphatic heterocycles. The number of aliphatic carboxylic acids is 1. The van der Waals surface area contributed by atoms with Gasteiger partial charge in [-0.3, -0.25) is 9.69 Å². The first kappa shape index (κ1) is 15.4. The van der Waals surface area contributed by atoms with Gasteiger partial charge in [-0.2, -0.15) is 0 Å². The van der Waals surface area contributed by atoms with Gasteiger partial charge in [0.05, 0.1) is 0 Å². The van der Waals surface area contributed by atoms with Crippen molar-refractivity contribution in [1.82, 2.24) is 4.90 Å². The van der Waals surface area contributed by atoms with E-state index in [0.29, 0.717) is 12.5 Å². The van der Waals surface area contributed by atoms with E-state index < -0.39 is 5.97 Å². The summed E-state index contributed by atoms with van der Waals surface area (Å²) in [5.74, 6) is -0.515. The molecule has 1 aromatic rings. The molecule has 1 N–H and O–H groups in total. The molecular formula is C16H22N2O3. The van der Waals surface area contributed by atoms with Crippen LogP contribution in [-0.2, 0) is 4.79 Å². The van der Waals surface area contributed by atoms with Crippen LogP contribution in [0.25, 0.3) is 0 Å². The Balaban J connectivity index is 2.15. The lowest BCUT2D eigenvalue weighted by molar-refractivity contribution is -0.137. The first-order chi connectivity index (χ1) is 9.86. The molecule has 1 aliphatic carbocycles. The molecule has 0 atom stereocenters. The molecular weight excluding hydrogens is 268 g/mol. The number of amides is 2. The summed E-state index contributed by atoms with van der Waals surface area (Å²) < 4.78 is 0. The van der Waals surface area contributed by atoms with Crippen molar-refractivity contribution < 1.29 is 14.7 Å². The summed E-state index contributed by atoms with van der Waals surface area (Å²) in [4.78, 5) is 26.5. The van der Waals surface area contributed by atoms with Gasteiger partial charge in [0.15, 0.2) is 0 Å². The highest BCUT2D eigenvalue weighted by Gasteiger charge is 2.29. The number of carbonyl (C=O) groups is 2. The average molecular weight is 290 g/mol. The van der Waals surface area contributed by atoms with Crippen molar-refractivity contribution in [3.05, 3.63) is 29.3 Å². The quantitative estimate of drug-likeness (QED) is 0.907. The number of aryl methyl sites for hydroxylation is 2. The Bertz CT molecular complexity index is 532. The first-order valence-electron chi connectivity index (χ1n) is 7.19. The summed E-state index contributed by atoms with van der Waals surface area (Å²) in [7, 11) is 1.69. The lowest BCUT2D eigenvalue weighted by Crippen LogP contribution is -2.44. The van der Waals surface area contributed by atoms with Gasteiger partial charge in [0.2, 0.25) is 0 Å². The minimum Gasteiger partial charge on any atom is -0.480 e. The van der Waals surface area contributed by atoms with Crippen LogP contribution >= 0.6 is 0 Å². The van der Waals surface area contributed by atoms with Crippen molar-refractivity contribution in [2.45, 2.75) is 26.7 Å². The second kappa shape index (κ2) is 6.16. The summed E-state index contributed by atoms with van der Waals surface area (Å²) in [6.45, 7) is 4.24. The van der Waals surface area contributed by atoms with E-state index in [1.165, 1.54) is 9.80 Å². The van der Waals surface area contributed by atoms with E-state index in [-0.39, 0.29) is 12.6 Å².